The molecule has 1 aliphatic carbocycles. The Hall–Kier alpha value is -2.97. The van der Waals surface area contributed by atoms with Crippen LogP contribution in [-0.2, 0) is 22.0 Å². The minimum Gasteiger partial charge on any atom is -0.419 e. The van der Waals surface area contributed by atoms with Crippen LogP contribution < -0.4 is 10.0 Å². The van der Waals surface area contributed by atoms with E-state index in [1.54, 1.807) is 6.07 Å². The quantitative estimate of drug-likeness (QED) is 0.426. The number of hydrogen-bond donors (Lipinski definition) is 1. The third-order valence-electron chi connectivity index (χ3n) is 6.34. The Morgan fingerprint density at radius 3 is 2.54 bits per heavy atom. The molecule has 2 N–H and O–H groups in total. The summed E-state index contributed by atoms with van der Waals surface area (Å²) < 4.78 is 32.6. The molecule has 0 amide bonds. The Morgan fingerprint density at radius 2 is 1.91 bits per heavy atom. The van der Waals surface area contributed by atoms with Crippen LogP contribution in [-0.4, -0.2) is 31.4 Å². The number of hydrogen-bond acceptors (Lipinski definition) is 6. The summed E-state index contributed by atoms with van der Waals surface area (Å²) in [5, 5.41) is 8.53. The van der Waals surface area contributed by atoms with Crippen LogP contribution in [0, 0.1) is 11.8 Å². The molecule has 3 aromatic rings. The lowest BCUT2D eigenvalue weighted by Gasteiger charge is -2.22. The Labute approximate surface area is 208 Å². The molecule has 1 aromatic heterocycles. The van der Waals surface area contributed by atoms with Gasteiger partial charge in [-0.3, -0.25) is 4.31 Å². The second-order valence-corrected chi connectivity index (χ2v) is 11.8. The second kappa shape index (κ2) is 9.95. The zero-order valence-electron chi connectivity index (χ0n) is 20.8. The van der Waals surface area contributed by atoms with E-state index in [4.69, 9.17) is 10.2 Å². The van der Waals surface area contributed by atoms with Crippen molar-refractivity contribution >= 4 is 21.8 Å². The van der Waals surface area contributed by atoms with Crippen LogP contribution in [0.25, 0.3) is 17.5 Å². The van der Waals surface area contributed by atoms with Crippen molar-refractivity contribution in [2.45, 2.75) is 45.6 Å². The Morgan fingerprint density at radius 1 is 1.20 bits per heavy atom. The Kier molecular flexibility index (Phi) is 7.15. The minimum absolute atomic E-state index is 0.311. The first-order chi connectivity index (χ1) is 16.6. The summed E-state index contributed by atoms with van der Waals surface area (Å²) >= 11 is 0. The molecule has 8 heteroatoms. The zero-order chi connectivity index (χ0) is 25.2. The molecule has 3 atom stereocenters. The van der Waals surface area contributed by atoms with Crippen LogP contribution in [0.2, 0.25) is 0 Å². The predicted molar refractivity (Wildman–Crippen MR) is 140 cm³/mol. The number of allylic oxidation sites excluding steroid dienone is 1. The molecule has 35 heavy (non-hydrogen) atoms. The molecule has 7 nitrogen and oxygen atoms in total. The van der Waals surface area contributed by atoms with E-state index in [0.29, 0.717) is 54.3 Å². The predicted octanol–water partition coefficient (Wildman–Crippen LogP) is 5.00. The monoisotopic (exact) mass is 494 g/mol. The van der Waals surface area contributed by atoms with E-state index in [1.165, 1.54) is 17.0 Å². The first-order valence-corrected chi connectivity index (χ1v) is 13.9. The maximum atomic E-state index is 12.5. The van der Waals surface area contributed by atoms with Gasteiger partial charge in [-0.05, 0) is 67.3 Å². The van der Waals surface area contributed by atoms with Crippen molar-refractivity contribution < 1.29 is 12.8 Å². The third kappa shape index (κ3) is 6.18. The molecular weight excluding hydrogens is 460 g/mol. The molecule has 1 fully saturated rings. The van der Waals surface area contributed by atoms with Gasteiger partial charge in [0.25, 0.3) is 0 Å². The van der Waals surface area contributed by atoms with Crippen LogP contribution in [0.3, 0.4) is 0 Å². The lowest BCUT2D eigenvalue weighted by molar-refractivity contribution is 0.355. The van der Waals surface area contributed by atoms with Gasteiger partial charge in [0.2, 0.25) is 21.8 Å². The van der Waals surface area contributed by atoms with Crippen molar-refractivity contribution in [1.29, 1.82) is 0 Å². The molecule has 0 bridgehead atoms. The summed E-state index contributed by atoms with van der Waals surface area (Å²) in [6, 6.07) is 15.6. The molecule has 186 valence electrons. The van der Waals surface area contributed by atoms with Gasteiger partial charge < -0.3 is 10.2 Å². The van der Waals surface area contributed by atoms with E-state index < -0.39 is 15.6 Å². The van der Waals surface area contributed by atoms with Gasteiger partial charge in [0.1, 0.15) is 0 Å². The summed E-state index contributed by atoms with van der Waals surface area (Å²) in [5.74, 6) is 1.90. The highest BCUT2D eigenvalue weighted by Crippen LogP contribution is 2.39. The van der Waals surface area contributed by atoms with E-state index >= 15 is 0 Å². The van der Waals surface area contributed by atoms with Crippen molar-refractivity contribution in [2.75, 3.05) is 17.1 Å². The first kappa shape index (κ1) is 25.1. The first-order valence-electron chi connectivity index (χ1n) is 12.0. The van der Waals surface area contributed by atoms with Gasteiger partial charge in [-0.15, -0.1) is 10.2 Å². The molecule has 1 aliphatic rings. The van der Waals surface area contributed by atoms with Gasteiger partial charge in [-0.1, -0.05) is 56.3 Å². The van der Waals surface area contributed by atoms with Gasteiger partial charge in [-0.2, -0.15) is 0 Å². The highest BCUT2D eigenvalue weighted by Gasteiger charge is 2.30. The van der Waals surface area contributed by atoms with E-state index in [1.807, 2.05) is 62.4 Å². The van der Waals surface area contributed by atoms with Gasteiger partial charge in [0.15, 0.2) is 0 Å². The topological polar surface area (TPSA) is 102 Å². The molecule has 0 aliphatic heterocycles. The van der Waals surface area contributed by atoms with E-state index in [0.717, 1.165) is 11.1 Å². The summed E-state index contributed by atoms with van der Waals surface area (Å²) in [4.78, 5) is 0. The number of rotatable bonds is 10. The molecule has 0 saturated heterocycles. The lowest BCUT2D eigenvalue weighted by Crippen LogP contribution is -2.35. The van der Waals surface area contributed by atoms with Gasteiger partial charge in [0, 0.05) is 12.1 Å². The molecule has 1 heterocycles. The average Bonchev–Trinajstić information content (AvgIpc) is 3.28. The highest BCUT2D eigenvalue weighted by molar-refractivity contribution is 7.92. The molecule has 4 rings (SSSR count). The average molecular weight is 495 g/mol. The maximum Gasteiger partial charge on any atom is 0.247 e. The number of anilines is 1. The maximum absolute atomic E-state index is 12.5. The van der Waals surface area contributed by atoms with E-state index in [-0.39, 0.29) is 0 Å². The van der Waals surface area contributed by atoms with Gasteiger partial charge in [0.05, 0.1) is 17.5 Å². The van der Waals surface area contributed by atoms with Crippen LogP contribution >= 0.6 is 0 Å². The number of benzene rings is 2. The normalized spacial score (nSPS) is 19.6. The van der Waals surface area contributed by atoms with Gasteiger partial charge in [-0.25, -0.2) is 8.42 Å². The van der Waals surface area contributed by atoms with E-state index in [2.05, 4.69) is 23.2 Å². The Bertz CT molecular complexity index is 1300. The fourth-order valence-corrected chi connectivity index (χ4v) is 5.21. The fraction of sp³-hybridized carbons (Fsp3) is 0.407. The minimum atomic E-state index is -3.45. The molecule has 0 radical (unpaired) electrons. The summed E-state index contributed by atoms with van der Waals surface area (Å²) in [6.45, 7) is 6.43. The number of aromatic nitrogens is 2. The number of sulfonamides is 1. The van der Waals surface area contributed by atoms with Crippen LogP contribution in [0.1, 0.15) is 50.6 Å². The number of nitrogens with zero attached hydrogens (tertiary/aromatic N) is 3. The zero-order valence-corrected chi connectivity index (χ0v) is 21.6. The summed E-state index contributed by atoms with van der Waals surface area (Å²) in [6.07, 6.45) is 7.88. The SMILES string of the molecule is CCCN(c1cc(C=CC2CC2C)cc(-c2nnc([C@](C)(N)Cc3ccccc3)o2)c1)S(C)(=O)=O. The van der Waals surface area contributed by atoms with Crippen molar-refractivity contribution in [3.63, 3.8) is 0 Å². The fourth-order valence-electron chi connectivity index (χ4n) is 4.21. The van der Waals surface area contributed by atoms with Gasteiger partial charge >= 0.3 is 0 Å². The second-order valence-electron chi connectivity index (χ2n) is 9.88. The van der Waals surface area contributed by atoms with Crippen molar-refractivity contribution in [1.82, 2.24) is 10.2 Å². The van der Waals surface area contributed by atoms with Crippen LogP contribution in [0.4, 0.5) is 5.69 Å². The molecule has 2 aromatic carbocycles. The summed E-state index contributed by atoms with van der Waals surface area (Å²) in [5.41, 5.74) is 8.92. The third-order valence-corrected chi connectivity index (χ3v) is 7.53. The number of nitrogens with two attached hydrogens (primary N) is 1. The molecule has 1 saturated carbocycles. The summed E-state index contributed by atoms with van der Waals surface area (Å²) in [7, 11) is -3.45. The molecule has 0 spiro atoms. The highest BCUT2D eigenvalue weighted by atomic mass is 32.2. The largest absolute Gasteiger partial charge is 0.419 e. The van der Waals surface area contributed by atoms with Crippen LogP contribution in [0.5, 0.6) is 0 Å². The molecule has 2 unspecified atom stereocenters. The Balaban J connectivity index is 1.70. The lowest BCUT2D eigenvalue weighted by atomic mass is 9.94. The van der Waals surface area contributed by atoms with Crippen LogP contribution in [0.15, 0.2) is 59.0 Å². The van der Waals surface area contributed by atoms with E-state index in [9.17, 15) is 8.42 Å². The smallest absolute Gasteiger partial charge is 0.247 e. The molecular formula is C27H34N4O3S. The van der Waals surface area contributed by atoms with Crippen molar-refractivity contribution in [3.8, 4) is 11.5 Å². The standard InChI is InChI=1S/C27H34N4O3S/c1-5-13-31(35(4,32)33)24-16-21(11-12-22-14-19(22)2)15-23(17-24)25-29-30-26(34-25)27(3,28)18-20-9-7-6-8-10-20/h6-12,15-17,19,22H,5,13-14,18,28H2,1-4H3/t19?,22?,27-/m1/s1. The van der Waals surface area contributed by atoms with Crippen molar-refractivity contribution in [2.24, 2.45) is 17.6 Å². The van der Waals surface area contributed by atoms with Crippen molar-refractivity contribution in [3.05, 3.63) is 71.6 Å².